The molecule has 0 fully saturated rings. The molecule has 0 aliphatic carbocycles. The van der Waals surface area contributed by atoms with E-state index in [1.165, 1.54) is 0 Å². The Bertz CT molecular complexity index is 570. The van der Waals surface area contributed by atoms with E-state index in [1.54, 1.807) is 12.4 Å². The maximum Gasteiger partial charge on any atom is 0.0641 e. The topological polar surface area (TPSA) is 24.9 Å². The van der Waals surface area contributed by atoms with Crippen molar-refractivity contribution in [3.8, 4) is 0 Å². The smallest absolute Gasteiger partial charge is 0.0641 e. The molecule has 18 heavy (non-hydrogen) atoms. The van der Waals surface area contributed by atoms with Crippen molar-refractivity contribution in [3.05, 3.63) is 56.8 Å². The highest BCUT2D eigenvalue weighted by Gasteiger charge is 2.05. The lowest BCUT2D eigenvalue weighted by Crippen LogP contribution is -2.01. The third kappa shape index (κ3) is 3.08. The summed E-state index contributed by atoms with van der Waals surface area (Å²) in [5, 5.41) is 5.16. The van der Waals surface area contributed by atoms with Crippen molar-refractivity contribution < 1.29 is 0 Å². The first-order valence-electron chi connectivity index (χ1n) is 5.36. The fraction of sp³-hybridized carbons (Fsp3) is 0.154. The number of aromatic nitrogens is 1. The Kier molecular flexibility index (Phi) is 4.33. The van der Waals surface area contributed by atoms with E-state index < -0.39 is 0 Å². The molecule has 1 N–H and O–H groups in total. The minimum atomic E-state index is 0.570. The van der Waals surface area contributed by atoms with Gasteiger partial charge in [0.2, 0.25) is 0 Å². The van der Waals surface area contributed by atoms with Crippen LogP contribution in [0.25, 0.3) is 0 Å². The maximum absolute atomic E-state index is 6.14. The van der Waals surface area contributed by atoms with Gasteiger partial charge < -0.3 is 5.32 Å². The monoisotopic (exact) mass is 300 g/mol. The standard InChI is InChI=1S/C13H11Cl3N2/c1-8-4-11(15)13(5-10(8)14)18-6-9-2-3-17-7-12(9)16/h2-5,7,18H,6H2,1H3. The van der Waals surface area contributed by atoms with Gasteiger partial charge in [-0.3, -0.25) is 4.98 Å². The zero-order valence-corrected chi connectivity index (χ0v) is 11.9. The van der Waals surface area contributed by atoms with E-state index in [0.717, 1.165) is 16.8 Å². The summed E-state index contributed by atoms with van der Waals surface area (Å²) in [6.07, 6.45) is 3.31. The highest BCUT2D eigenvalue weighted by atomic mass is 35.5. The second-order valence-corrected chi connectivity index (χ2v) is 5.12. The van der Waals surface area contributed by atoms with Gasteiger partial charge >= 0.3 is 0 Å². The van der Waals surface area contributed by atoms with Crippen LogP contribution in [0, 0.1) is 6.92 Å². The molecule has 0 saturated carbocycles. The van der Waals surface area contributed by atoms with Crippen LogP contribution in [-0.4, -0.2) is 4.98 Å². The first-order chi connectivity index (χ1) is 8.58. The highest BCUT2D eigenvalue weighted by molar-refractivity contribution is 6.35. The van der Waals surface area contributed by atoms with E-state index in [4.69, 9.17) is 34.8 Å². The second kappa shape index (κ2) is 5.79. The number of halogens is 3. The quantitative estimate of drug-likeness (QED) is 0.866. The van der Waals surface area contributed by atoms with E-state index in [1.807, 2.05) is 25.1 Å². The first kappa shape index (κ1) is 13.5. The molecule has 0 saturated heterocycles. The van der Waals surface area contributed by atoms with E-state index >= 15 is 0 Å². The lowest BCUT2D eigenvalue weighted by Gasteiger charge is -2.11. The normalized spacial score (nSPS) is 10.4. The SMILES string of the molecule is Cc1cc(Cl)c(NCc2ccncc2Cl)cc1Cl. The number of benzene rings is 1. The molecule has 0 amide bonds. The average Bonchev–Trinajstić information content (AvgIpc) is 2.34. The zero-order chi connectivity index (χ0) is 13.1. The molecule has 0 aliphatic rings. The Hall–Kier alpha value is -0.960. The maximum atomic E-state index is 6.14. The molecule has 2 aromatic rings. The Morgan fingerprint density at radius 2 is 1.89 bits per heavy atom. The lowest BCUT2D eigenvalue weighted by atomic mass is 10.2. The summed E-state index contributed by atoms with van der Waals surface area (Å²) in [5.74, 6) is 0. The molecule has 0 bridgehead atoms. The van der Waals surface area contributed by atoms with Crippen LogP contribution < -0.4 is 5.32 Å². The van der Waals surface area contributed by atoms with Crippen molar-refractivity contribution in [1.82, 2.24) is 4.98 Å². The molecule has 5 heteroatoms. The zero-order valence-electron chi connectivity index (χ0n) is 9.67. The van der Waals surface area contributed by atoms with Crippen LogP contribution in [0.4, 0.5) is 5.69 Å². The molecular weight excluding hydrogens is 291 g/mol. The largest absolute Gasteiger partial charge is 0.380 e. The predicted molar refractivity (Wildman–Crippen MR) is 77.8 cm³/mol. The van der Waals surface area contributed by atoms with Crippen LogP contribution in [0.2, 0.25) is 15.1 Å². The number of rotatable bonds is 3. The van der Waals surface area contributed by atoms with E-state index in [-0.39, 0.29) is 0 Å². The number of nitrogens with one attached hydrogen (secondary N) is 1. The van der Waals surface area contributed by atoms with Crippen molar-refractivity contribution >= 4 is 40.5 Å². The fourth-order valence-electron chi connectivity index (χ4n) is 1.52. The van der Waals surface area contributed by atoms with Gasteiger partial charge in [0.1, 0.15) is 0 Å². The summed E-state index contributed by atoms with van der Waals surface area (Å²) >= 11 is 18.2. The molecule has 0 spiro atoms. The van der Waals surface area contributed by atoms with Crippen molar-refractivity contribution in [2.75, 3.05) is 5.32 Å². The Labute approximate surface area is 121 Å². The number of nitrogens with zero attached hydrogens (tertiary/aromatic N) is 1. The van der Waals surface area contributed by atoms with E-state index in [2.05, 4.69) is 10.3 Å². The summed E-state index contributed by atoms with van der Waals surface area (Å²) in [6, 6.07) is 5.51. The van der Waals surface area contributed by atoms with Gasteiger partial charge in [-0.25, -0.2) is 0 Å². The molecule has 1 aromatic heterocycles. The van der Waals surface area contributed by atoms with Gasteiger partial charge in [0.25, 0.3) is 0 Å². The summed E-state index contributed by atoms with van der Waals surface area (Å²) in [5.41, 5.74) is 2.70. The second-order valence-electron chi connectivity index (χ2n) is 3.90. The van der Waals surface area contributed by atoms with Crippen LogP contribution >= 0.6 is 34.8 Å². The van der Waals surface area contributed by atoms with Crippen LogP contribution in [0.1, 0.15) is 11.1 Å². The van der Waals surface area contributed by atoms with Crippen LogP contribution in [0.5, 0.6) is 0 Å². The van der Waals surface area contributed by atoms with Gasteiger partial charge in [-0.2, -0.15) is 0 Å². The molecule has 2 rings (SSSR count). The van der Waals surface area contributed by atoms with Crippen LogP contribution in [-0.2, 0) is 6.54 Å². The molecule has 94 valence electrons. The van der Waals surface area contributed by atoms with Crippen molar-refractivity contribution in [2.45, 2.75) is 13.5 Å². The molecular formula is C13H11Cl3N2. The molecule has 0 unspecified atom stereocenters. The van der Waals surface area contributed by atoms with Crippen LogP contribution in [0.3, 0.4) is 0 Å². The van der Waals surface area contributed by atoms with Gasteiger partial charge in [-0.1, -0.05) is 34.8 Å². The lowest BCUT2D eigenvalue weighted by molar-refractivity contribution is 1.13. The third-order valence-electron chi connectivity index (χ3n) is 2.57. The number of anilines is 1. The van der Waals surface area contributed by atoms with Gasteiger partial charge in [-0.05, 0) is 36.2 Å². The Morgan fingerprint density at radius 3 is 2.61 bits per heavy atom. The number of aryl methyl sites for hydroxylation is 1. The summed E-state index contributed by atoms with van der Waals surface area (Å²) in [4.78, 5) is 3.94. The average molecular weight is 302 g/mol. The van der Waals surface area contributed by atoms with Gasteiger partial charge in [0.05, 0.1) is 15.7 Å². The van der Waals surface area contributed by atoms with Crippen molar-refractivity contribution in [1.29, 1.82) is 0 Å². The van der Waals surface area contributed by atoms with Crippen molar-refractivity contribution in [2.24, 2.45) is 0 Å². The number of hydrogen-bond acceptors (Lipinski definition) is 2. The molecule has 0 aliphatic heterocycles. The first-order valence-corrected chi connectivity index (χ1v) is 6.49. The summed E-state index contributed by atoms with van der Waals surface area (Å²) in [6.45, 7) is 2.48. The molecule has 0 radical (unpaired) electrons. The minimum absolute atomic E-state index is 0.570. The van der Waals surface area contributed by atoms with Gasteiger partial charge in [-0.15, -0.1) is 0 Å². The van der Waals surface area contributed by atoms with Crippen LogP contribution in [0.15, 0.2) is 30.6 Å². The van der Waals surface area contributed by atoms with E-state index in [0.29, 0.717) is 21.6 Å². The van der Waals surface area contributed by atoms with E-state index in [9.17, 15) is 0 Å². The highest BCUT2D eigenvalue weighted by Crippen LogP contribution is 2.29. The third-order valence-corrected chi connectivity index (χ3v) is 3.63. The number of hydrogen-bond donors (Lipinski definition) is 1. The summed E-state index contributed by atoms with van der Waals surface area (Å²) < 4.78 is 0. The minimum Gasteiger partial charge on any atom is -0.380 e. The Balaban J connectivity index is 2.16. The molecule has 0 atom stereocenters. The molecule has 1 aromatic carbocycles. The summed E-state index contributed by atoms with van der Waals surface area (Å²) in [7, 11) is 0. The number of pyridine rings is 1. The van der Waals surface area contributed by atoms with Gasteiger partial charge in [0.15, 0.2) is 0 Å². The molecule has 1 heterocycles. The Morgan fingerprint density at radius 1 is 1.11 bits per heavy atom. The molecule has 2 nitrogen and oxygen atoms in total. The predicted octanol–water partition coefficient (Wildman–Crippen LogP) is 4.96. The fourth-order valence-corrected chi connectivity index (χ4v) is 2.15. The van der Waals surface area contributed by atoms with Gasteiger partial charge in [0, 0.05) is 24.0 Å². The van der Waals surface area contributed by atoms with Crippen molar-refractivity contribution in [3.63, 3.8) is 0 Å².